The number of aromatic amines is 1. The van der Waals surface area contributed by atoms with Gasteiger partial charge in [-0.15, -0.1) is 11.8 Å². The van der Waals surface area contributed by atoms with Crippen LogP contribution >= 0.6 is 23.4 Å². The van der Waals surface area contributed by atoms with E-state index in [1.165, 1.54) is 4.57 Å². The fourth-order valence-electron chi connectivity index (χ4n) is 4.33. The van der Waals surface area contributed by atoms with E-state index in [1.54, 1.807) is 0 Å². The van der Waals surface area contributed by atoms with Gasteiger partial charge in [0.15, 0.2) is 0 Å². The average molecular weight is 534 g/mol. The van der Waals surface area contributed by atoms with E-state index < -0.39 is 50.8 Å². The lowest BCUT2D eigenvalue weighted by molar-refractivity contribution is -0.137. The minimum atomic E-state index is -4.97. The predicted molar refractivity (Wildman–Crippen MR) is 126 cm³/mol. The molecule has 1 atom stereocenters. The van der Waals surface area contributed by atoms with E-state index >= 15 is 0 Å². The van der Waals surface area contributed by atoms with Gasteiger partial charge < -0.3 is 4.90 Å². The molecule has 0 spiro atoms. The van der Waals surface area contributed by atoms with Crippen LogP contribution in [0.4, 0.5) is 22.0 Å². The standard InChI is InChI=1S/C23H21ClF5N3O2S/c1-31(2)5-3-4-11-9-32-19-13(21(33)30-22(32)34)6-14(23(27,28)29)18(20(19)35-10-11)12-7-15(24)17(26)8-16(12)25/h6-8,11H,3-5,9-10H2,1-2H3,(H,30,33,34)/t11-/m0/s1. The molecule has 2 heterocycles. The number of nitrogens with one attached hydrogen (secondary N) is 1. The molecular weight excluding hydrogens is 513 g/mol. The molecule has 35 heavy (non-hydrogen) atoms. The van der Waals surface area contributed by atoms with Crippen molar-refractivity contribution >= 4 is 34.3 Å². The van der Waals surface area contributed by atoms with Gasteiger partial charge in [-0.2, -0.15) is 13.2 Å². The van der Waals surface area contributed by atoms with Crippen LogP contribution < -0.4 is 11.2 Å². The summed E-state index contributed by atoms with van der Waals surface area (Å²) in [7, 11) is 3.84. The quantitative estimate of drug-likeness (QED) is 0.354. The van der Waals surface area contributed by atoms with Crippen molar-refractivity contribution in [3.8, 4) is 11.1 Å². The van der Waals surface area contributed by atoms with Crippen LogP contribution in [0, 0.1) is 17.6 Å². The van der Waals surface area contributed by atoms with Crippen molar-refractivity contribution in [1.29, 1.82) is 0 Å². The molecule has 3 aromatic rings. The predicted octanol–water partition coefficient (Wildman–Crippen LogP) is 5.37. The zero-order chi connectivity index (χ0) is 25.7. The zero-order valence-corrected chi connectivity index (χ0v) is 20.3. The smallest absolute Gasteiger partial charge is 0.309 e. The number of thioether (sulfide) groups is 1. The molecule has 0 amide bonds. The first-order valence-electron chi connectivity index (χ1n) is 10.7. The Morgan fingerprint density at radius 1 is 1.17 bits per heavy atom. The molecule has 0 radical (unpaired) electrons. The average Bonchev–Trinajstić information content (AvgIpc) is 2.94. The summed E-state index contributed by atoms with van der Waals surface area (Å²) in [6.45, 7) is 0.962. The summed E-state index contributed by atoms with van der Waals surface area (Å²) in [6.07, 6.45) is -3.50. The van der Waals surface area contributed by atoms with Gasteiger partial charge in [-0.05, 0) is 51.5 Å². The molecule has 1 aliphatic heterocycles. The van der Waals surface area contributed by atoms with E-state index in [0.717, 1.165) is 30.8 Å². The highest BCUT2D eigenvalue weighted by atomic mass is 35.5. The second-order valence-electron chi connectivity index (χ2n) is 8.76. The molecule has 1 aliphatic rings. The second-order valence-corrected chi connectivity index (χ2v) is 10.2. The van der Waals surface area contributed by atoms with Gasteiger partial charge in [0, 0.05) is 34.4 Å². The fraction of sp³-hybridized carbons (Fsp3) is 0.391. The minimum absolute atomic E-state index is 0.00158. The number of aromatic nitrogens is 2. The molecule has 0 bridgehead atoms. The molecule has 188 valence electrons. The number of alkyl halides is 3. The van der Waals surface area contributed by atoms with Crippen molar-refractivity contribution in [3.05, 3.63) is 61.3 Å². The summed E-state index contributed by atoms with van der Waals surface area (Å²) in [5, 5.41) is -0.879. The lowest BCUT2D eigenvalue weighted by atomic mass is 9.96. The van der Waals surface area contributed by atoms with Crippen LogP contribution in [-0.4, -0.2) is 40.8 Å². The highest BCUT2D eigenvalue weighted by Crippen LogP contribution is 2.48. The van der Waals surface area contributed by atoms with E-state index in [4.69, 9.17) is 11.6 Å². The minimum Gasteiger partial charge on any atom is -0.309 e. The Hall–Kier alpha value is -2.37. The number of benzene rings is 2. The van der Waals surface area contributed by atoms with E-state index in [2.05, 4.69) is 4.98 Å². The van der Waals surface area contributed by atoms with Gasteiger partial charge >= 0.3 is 11.9 Å². The maximum Gasteiger partial charge on any atom is 0.417 e. The first-order valence-corrected chi connectivity index (χ1v) is 12.1. The van der Waals surface area contributed by atoms with Gasteiger partial charge in [-0.3, -0.25) is 14.3 Å². The van der Waals surface area contributed by atoms with E-state index in [9.17, 15) is 31.5 Å². The molecule has 0 saturated carbocycles. The van der Waals surface area contributed by atoms with Gasteiger partial charge in [-0.25, -0.2) is 13.6 Å². The molecule has 1 N–H and O–H groups in total. The molecular formula is C23H21ClF5N3O2S. The highest BCUT2D eigenvalue weighted by molar-refractivity contribution is 7.99. The van der Waals surface area contributed by atoms with Crippen LogP contribution in [-0.2, 0) is 12.7 Å². The highest BCUT2D eigenvalue weighted by Gasteiger charge is 2.38. The van der Waals surface area contributed by atoms with Crippen LogP contribution in [0.1, 0.15) is 18.4 Å². The molecule has 1 aromatic heterocycles. The number of H-pyrrole nitrogens is 1. The summed E-state index contributed by atoms with van der Waals surface area (Å²) in [6, 6.07) is 1.84. The van der Waals surface area contributed by atoms with Crippen molar-refractivity contribution in [2.75, 3.05) is 26.4 Å². The third-order valence-electron chi connectivity index (χ3n) is 5.94. The van der Waals surface area contributed by atoms with Gasteiger partial charge in [0.1, 0.15) is 11.6 Å². The molecule has 0 unspecified atom stereocenters. The Kier molecular flexibility index (Phi) is 7.05. The number of hydrogen-bond donors (Lipinski definition) is 1. The van der Waals surface area contributed by atoms with Crippen molar-refractivity contribution in [1.82, 2.24) is 14.5 Å². The second kappa shape index (κ2) is 9.59. The van der Waals surface area contributed by atoms with Crippen molar-refractivity contribution in [2.45, 2.75) is 30.5 Å². The van der Waals surface area contributed by atoms with Crippen molar-refractivity contribution in [3.63, 3.8) is 0 Å². The van der Waals surface area contributed by atoms with Gasteiger partial charge in [0.05, 0.1) is 21.5 Å². The van der Waals surface area contributed by atoms with Gasteiger partial charge in [0.25, 0.3) is 5.56 Å². The number of hydrogen-bond acceptors (Lipinski definition) is 4. The Morgan fingerprint density at radius 2 is 1.89 bits per heavy atom. The number of rotatable bonds is 5. The molecule has 0 aliphatic carbocycles. The van der Waals surface area contributed by atoms with E-state index in [0.29, 0.717) is 24.3 Å². The first-order chi connectivity index (χ1) is 16.4. The lowest BCUT2D eigenvalue weighted by Gasteiger charge is -2.20. The molecule has 2 aromatic carbocycles. The van der Waals surface area contributed by atoms with Crippen LogP contribution in [0.5, 0.6) is 0 Å². The number of nitrogens with zero attached hydrogens (tertiary/aromatic N) is 2. The summed E-state index contributed by atoms with van der Waals surface area (Å²) in [5.74, 6) is -2.11. The molecule has 0 fully saturated rings. The summed E-state index contributed by atoms with van der Waals surface area (Å²) in [4.78, 5) is 29.4. The van der Waals surface area contributed by atoms with Crippen LogP contribution in [0.15, 0.2) is 32.7 Å². The normalized spacial score (nSPS) is 16.2. The SMILES string of the molecule is CN(C)CCC[C@@H]1CSc2c(-c3cc(Cl)c(F)cc3F)c(C(F)(F)F)cc3c(=O)[nH]c(=O)n(c23)C1. The Labute approximate surface area is 205 Å². The van der Waals surface area contributed by atoms with Crippen LogP contribution in [0.25, 0.3) is 22.0 Å². The maximum absolute atomic E-state index is 14.9. The third-order valence-corrected chi connectivity index (χ3v) is 7.56. The monoisotopic (exact) mass is 533 g/mol. The van der Waals surface area contributed by atoms with E-state index in [1.807, 2.05) is 19.0 Å². The Bertz CT molecular complexity index is 1420. The molecule has 12 heteroatoms. The van der Waals surface area contributed by atoms with Crippen LogP contribution in [0.2, 0.25) is 5.02 Å². The maximum atomic E-state index is 14.9. The van der Waals surface area contributed by atoms with Gasteiger partial charge in [-0.1, -0.05) is 11.6 Å². The first kappa shape index (κ1) is 25.7. The number of halogens is 6. The fourth-order valence-corrected chi connectivity index (χ4v) is 5.88. The largest absolute Gasteiger partial charge is 0.417 e. The summed E-state index contributed by atoms with van der Waals surface area (Å²) in [5.41, 5.74) is -4.12. The van der Waals surface area contributed by atoms with Gasteiger partial charge in [0.2, 0.25) is 0 Å². The van der Waals surface area contributed by atoms with E-state index in [-0.39, 0.29) is 28.3 Å². The van der Waals surface area contributed by atoms with Crippen LogP contribution in [0.3, 0.4) is 0 Å². The molecule has 4 rings (SSSR count). The molecule has 5 nitrogen and oxygen atoms in total. The lowest BCUT2D eigenvalue weighted by Crippen LogP contribution is -2.32. The summed E-state index contributed by atoms with van der Waals surface area (Å²) < 4.78 is 72.6. The Balaban J connectivity index is 2.03. The van der Waals surface area contributed by atoms with Crippen molar-refractivity contribution < 1.29 is 22.0 Å². The Morgan fingerprint density at radius 3 is 2.54 bits per heavy atom. The van der Waals surface area contributed by atoms with Crippen molar-refractivity contribution in [2.24, 2.45) is 5.92 Å². The third kappa shape index (κ3) is 4.99. The summed E-state index contributed by atoms with van der Waals surface area (Å²) >= 11 is 6.83. The topological polar surface area (TPSA) is 58.1 Å². The molecule has 0 saturated heterocycles. The zero-order valence-electron chi connectivity index (χ0n) is 18.7.